The van der Waals surface area contributed by atoms with Crippen LogP contribution in [0.4, 0.5) is 13.2 Å². The van der Waals surface area contributed by atoms with Gasteiger partial charge in [-0.2, -0.15) is 13.2 Å². The number of alkyl halides is 3. The van der Waals surface area contributed by atoms with Gasteiger partial charge in [-0.15, -0.1) is 0 Å². The van der Waals surface area contributed by atoms with Gasteiger partial charge in [0.2, 0.25) is 0 Å². The van der Waals surface area contributed by atoms with Crippen LogP contribution in [0.15, 0.2) is 4.99 Å². The first-order chi connectivity index (χ1) is 4.71. The first-order valence-electron chi connectivity index (χ1n) is 3.34. The Morgan fingerprint density at radius 3 is 1.55 bits per heavy atom. The van der Waals surface area contributed by atoms with Crippen molar-refractivity contribution in [3.63, 3.8) is 0 Å². The summed E-state index contributed by atoms with van der Waals surface area (Å²) in [6, 6.07) is 0. The molecule has 1 unspecified atom stereocenters. The third kappa shape index (κ3) is 1.04. The predicted molar refractivity (Wildman–Crippen MR) is 36.7 cm³/mol. The maximum atomic E-state index is 12.3. The van der Waals surface area contributed by atoms with Gasteiger partial charge < -0.3 is 0 Å². The van der Waals surface area contributed by atoms with Gasteiger partial charge in [-0.05, 0) is 0 Å². The molecule has 0 amide bonds. The summed E-state index contributed by atoms with van der Waals surface area (Å²) in [5.41, 5.74) is -2.73. The topological polar surface area (TPSA) is 12.4 Å². The van der Waals surface area contributed by atoms with Crippen molar-refractivity contribution in [2.75, 3.05) is 0 Å². The van der Waals surface area contributed by atoms with Gasteiger partial charge in [0.1, 0.15) is 0 Å². The lowest BCUT2D eigenvalue weighted by Crippen LogP contribution is -2.45. The molecule has 0 fully saturated rings. The number of halogens is 3. The van der Waals surface area contributed by atoms with Crippen molar-refractivity contribution >= 4 is 6.21 Å². The first kappa shape index (κ1) is 8.56. The van der Waals surface area contributed by atoms with Gasteiger partial charge in [-0.3, -0.25) is 4.99 Å². The molecule has 1 nitrogen and oxygen atoms in total. The second kappa shape index (κ2) is 1.79. The van der Waals surface area contributed by atoms with Crippen molar-refractivity contribution in [2.24, 2.45) is 10.4 Å². The van der Waals surface area contributed by atoms with E-state index in [9.17, 15) is 13.2 Å². The molecular weight excluding hydrogens is 155 g/mol. The minimum Gasteiger partial charge on any atom is -0.272 e. The summed E-state index contributed by atoms with van der Waals surface area (Å²) in [5.74, 6) is 0. The molecule has 0 aromatic rings. The Kier molecular flexibility index (Phi) is 1.39. The van der Waals surface area contributed by atoms with Crippen LogP contribution in [0.1, 0.15) is 20.8 Å². The Hall–Kier alpha value is -0.540. The summed E-state index contributed by atoms with van der Waals surface area (Å²) >= 11 is 0. The molecule has 11 heavy (non-hydrogen) atoms. The molecule has 0 radical (unpaired) electrons. The molecule has 0 aliphatic carbocycles. The average Bonchev–Trinajstić information content (AvgIpc) is 2.31. The molecule has 0 N–H and O–H groups in total. The molecule has 0 bridgehead atoms. The van der Waals surface area contributed by atoms with E-state index in [1.165, 1.54) is 20.8 Å². The molecule has 0 saturated carbocycles. The summed E-state index contributed by atoms with van der Waals surface area (Å²) < 4.78 is 36.8. The first-order valence-corrected chi connectivity index (χ1v) is 3.34. The van der Waals surface area contributed by atoms with E-state index in [0.29, 0.717) is 0 Å². The minimum absolute atomic E-state index is 0.856. The number of hydrogen-bond acceptors (Lipinski definition) is 1. The van der Waals surface area contributed by atoms with Gasteiger partial charge in [-0.25, -0.2) is 0 Å². The van der Waals surface area contributed by atoms with E-state index in [-0.39, 0.29) is 0 Å². The Bertz CT molecular complexity index is 175. The number of rotatable bonds is 0. The summed E-state index contributed by atoms with van der Waals surface area (Å²) in [6.07, 6.45) is -3.25. The second-order valence-corrected chi connectivity index (χ2v) is 3.77. The molecule has 1 aliphatic heterocycles. The standard InChI is InChI=1S/C7H10F3N/c1-5(2,3)6(4-11-6)7(8,9)10/h4H,1-3H3. The maximum absolute atomic E-state index is 12.3. The van der Waals surface area contributed by atoms with Gasteiger partial charge in [0, 0.05) is 11.6 Å². The lowest BCUT2D eigenvalue weighted by atomic mass is 9.79. The van der Waals surface area contributed by atoms with Crippen LogP contribution >= 0.6 is 0 Å². The molecule has 4 heteroatoms. The van der Waals surface area contributed by atoms with Crippen LogP contribution in [-0.2, 0) is 0 Å². The maximum Gasteiger partial charge on any atom is 0.419 e. The van der Waals surface area contributed by atoms with Crippen molar-refractivity contribution in [1.29, 1.82) is 0 Å². The molecule has 0 aromatic heterocycles. The Morgan fingerprint density at radius 2 is 1.55 bits per heavy atom. The van der Waals surface area contributed by atoms with E-state index in [2.05, 4.69) is 4.99 Å². The molecule has 1 rings (SSSR count). The van der Waals surface area contributed by atoms with Crippen molar-refractivity contribution in [3.05, 3.63) is 0 Å². The highest BCUT2D eigenvalue weighted by atomic mass is 19.4. The quantitative estimate of drug-likeness (QED) is 0.522. The van der Waals surface area contributed by atoms with Crippen molar-refractivity contribution in [2.45, 2.75) is 32.5 Å². The monoisotopic (exact) mass is 165 g/mol. The number of aliphatic imine (C=N–C) groups is 1. The fourth-order valence-corrected chi connectivity index (χ4v) is 1.02. The molecule has 0 spiro atoms. The highest BCUT2D eigenvalue weighted by Gasteiger charge is 2.66. The van der Waals surface area contributed by atoms with Crippen LogP contribution in [0.2, 0.25) is 0 Å². The van der Waals surface area contributed by atoms with E-state index in [1.54, 1.807) is 0 Å². The SMILES string of the molecule is CC(C)(C)C1(C(F)(F)F)C=N1. The summed E-state index contributed by atoms with van der Waals surface area (Å²) in [5, 5.41) is 0. The van der Waals surface area contributed by atoms with Crippen LogP contribution in [0, 0.1) is 5.41 Å². The lowest BCUT2D eigenvalue weighted by molar-refractivity contribution is -0.175. The normalized spacial score (nSPS) is 30.7. The lowest BCUT2D eigenvalue weighted by Gasteiger charge is -2.30. The van der Waals surface area contributed by atoms with Crippen LogP contribution in [0.5, 0.6) is 0 Å². The smallest absolute Gasteiger partial charge is 0.272 e. The third-order valence-electron chi connectivity index (χ3n) is 1.96. The summed E-state index contributed by atoms with van der Waals surface area (Å²) in [6.45, 7) is 4.61. The van der Waals surface area contributed by atoms with Crippen LogP contribution in [0.25, 0.3) is 0 Å². The predicted octanol–water partition coefficient (Wildman–Crippen LogP) is 2.42. The Balaban J connectivity index is 2.86. The zero-order chi connectivity index (χ0) is 8.91. The number of nitrogens with zero attached hydrogens (tertiary/aromatic N) is 1. The zero-order valence-electron chi connectivity index (χ0n) is 6.66. The van der Waals surface area contributed by atoms with Crippen molar-refractivity contribution in [3.8, 4) is 0 Å². The van der Waals surface area contributed by atoms with Gasteiger partial charge in [0.25, 0.3) is 0 Å². The third-order valence-corrected chi connectivity index (χ3v) is 1.96. The van der Waals surface area contributed by atoms with Gasteiger partial charge >= 0.3 is 6.18 Å². The fourth-order valence-electron chi connectivity index (χ4n) is 1.02. The van der Waals surface area contributed by atoms with Gasteiger partial charge in [0.15, 0.2) is 5.54 Å². The van der Waals surface area contributed by atoms with Crippen LogP contribution in [0.3, 0.4) is 0 Å². The van der Waals surface area contributed by atoms with Crippen molar-refractivity contribution < 1.29 is 13.2 Å². The second-order valence-electron chi connectivity index (χ2n) is 3.77. The summed E-state index contributed by atoms with van der Waals surface area (Å²) in [7, 11) is 0. The molecule has 0 saturated heterocycles. The van der Waals surface area contributed by atoms with E-state index in [1.807, 2.05) is 0 Å². The molecule has 1 atom stereocenters. The summed E-state index contributed by atoms with van der Waals surface area (Å²) in [4.78, 5) is 3.33. The van der Waals surface area contributed by atoms with Crippen LogP contribution < -0.4 is 0 Å². The molecular formula is C7H10F3N. The van der Waals surface area contributed by atoms with E-state index >= 15 is 0 Å². The zero-order valence-corrected chi connectivity index (χ0v) is 6.66. The molecule has 1 heterocycles. The fraction of sp³-hybridized carbons (Fsp3) is 0.857. The van der Waals surface area contributed by atoms with E-state index in [4.69, 9.17) is 0 Å². The Morgan fingerprint density at radius 1 is 1.18 bits per heavy atom. The molecule has 64 valence electrons. The number of hydrogen-bond donors (Lipinski definition) is 0. The largest absolute Gasteiger partial charge is 0.419 e. The molecule has 1 aliphatic rings. The van der Waals surface area contributed by atoms with E-state index in [0.717, 1.165) is 6.21 Å². The Labute approximate surface area is 63.3 Å². The minimum atomic E-state index is -4.23. The van der Waals surface area contributed by atoms with Gasteiger partial charge in [0.05, 0.1) is 0 Å². The highest BCUT2D eigenvalue weighted by Crippen LogP contribution is 2.51. The van der Waals surface area contributed by atoms with Gasteiger partial charge in [-0.1, -0.05) is 20.8 Å². The highest BCUT2D eigenvalue weighted by molar-refractivity contribution is 5.86. The van der Waals surface area contributed by atoms with Crippen molar-refractivity contribution in [1.82, 2.24) is 0 Å². The average molecular weight is 165 g/mol. The van der Waals surface area contributed by atoms with E-state index < -0.39 is 17.1 Å². The molecule has 0 aromatic carbocycles. The van der Waals surface area contributed by atoms with Crippen LogP contribution in [-0.4, -0.2) is 17.9 Å².